The molecule has 0 fully saturated rings. The Morgan fingerprint density at radius 1 is 0.516 bits per heavy atom. The lowest BCUT2D eigenvalue weighted by Gasteiger charge is -2.28. The second-order valence-electron chi connectivity index (χ2n) is 16.3. The van der Waals surface area contributed by atoms with Crippen LogP contribution in [0.3, 0.4) is 0 Å². The zero-order chi connectivity index (χ0) is 45.0. The molecule has 0 aliphatic heterocycles. The van der Waals surface area contributed by atoms with Crippen molar-refractivity contribution in [1.82, 2.24) is 0 Å². The quantitative estimate of drug-likeness (QED) is 0.0472. The first-order chi connectivity index (χ1) is 29.4. The minimum atomic E-state index is -2.36. The van der Waals surface area contributed by atoms with E-state index in [0.717, 1.165) is 84.0 Å². The van der Waals surface area contributed by atoms with Crippen molar-refractivity contribution < 1.29 is 37.0 Å². The molecule has 6 rings (SSSR count). The number of esters is 1. The van der Waals surface area contributed by atoms with E-state index in [2.05, 4.69) is 72.4 Å². The van der Waals surface area contributed by atoms with Gasteiger partial charge < -0.3 is 32.2 Å². The molecule has 0 radical (unpaired) electrons. The highest BCUT2D eigenvalue weighted by Gasteiger charge is 2.31. The summed E-state index contributed by atoms with van der Waals surface area (Å²) in [4.78, 5) is 23.2. The van der Waals surface area contributed by atoms with Crippen LogP contribution in [0.1, 0.15) is 80.6 Å². The van der Waals surface area contributed by atoms with E-state index in [4.69, 9.17) is 27.4 Å². The van der Waals surface area contributed by atoms with Crippen LogP contribution in [0.15, 0.2) is 110 Å². The van der Waals surface area contributed by atoms with Gasteiger partial charge in [-0.25, -0.2) is 4.79 Å². The molecule has 6 aromatic carbocycles. The molecule has 0 heterocycles. The molecule has 62 heavy (non-hydrogen) atoms. The first-order valence-corrected chi connectivity index (χ1v) is 22.7. The lowest BCUT2D eigenvalue weighted by molar-refractivity contribution is -0.129. The highest BCUT2D eigenvalue weighted by Crippen LogP contribution is 2.53. The molecule has 10 heteroatoms. The Hall–Kier alpha value is -5.65. The largest absolute Gasteiger partial charge is 0.530 e. The molecular weight excluding hydrogens is 815 g/mol. The van der Waals surface area contributed by atoms with Crippen LogP contribution in [0.2, 0.25) is 0 Å². The van der Waals surface area contributed by atoms with Crippen molar-refractivity contribution in [1.29, 1.82) is 0 Å². The minimum Gasteiger partial charge on any atom is -0.423 e. The Morgan fingerprint density at radius 3 is 1.42 bits per heavy atom. The fourth-order valence-electron chi connectivity index (χ4n) is 7.36. The fourth-order valence-corrected chi connectivity index (χ4v) is 9.39. The molecule has 0 bridgehead atoms. The molecule has 0 amide bonds. The summed E-state index contributed by atoms with van der Waals surface area (Å²) in [6.45, 7) is 28.0. The van der Waals surface area contributed by atoms with E-state index in [1.165, 1.54) is 0 Å². The maximum atomic E-state index is 11.9. The number of aryl methyl sites for hydroxylation is 8. The first kappa shape index (κ1) is 45.9. The van der Waals surface area contributed by atoms with Crippen LogP contribution in [0.5, 0.6) is 34.5 Å². The molecule has 1 N–H and O–H groups in total. The smallest absolute Gasteiger partial charge is 0.423 e. The summed E-state index contributed by atoms with van der Waals surface area (Å²) in [5, 5.41) is 0. The van der Waals surface area contributed by atoms with Gasteiger partial charge in [0.25, 0.3) is 0 Å². The number of hydrogen-bond donors (Lipinski definition) is 1. The number of ether oxygens (including phenoxy) is 1. The topological polar surface area (TPSA) is 92.7 Å². The number of benzene rings is 6. The van der Waals surface area contributed by atoms with E-state index in [1.807, 2.05) is 114 Å². The highest BCUT2D eigenvalue weighted by atomic mass is 31.2. The standard InChI is InChI=1S/C52H56O8P2/c1-14-47(53)55-43-25-23-41(29-35(43)6)52(12,13)42-24-26-46(36(7)30-42)58-62(57-45-22-18-16-20-32(45)3)60-51-38(9)28-34(5)40(11)49(51)48-39(10)33(4)27-37(8)50(48)59-61(54)56-44-21-17-15-19-31(44)2/h14-30,54H,1H2,2-13H3. The average Bonchev–Trinajstić information content (AvgIpc) is 3.22. The van der Waals surface area contributed by atoms with E-state index in [-0.39, 0.29) is 0 Å². The Kier molecular flexibility index (Phi) is 14.2. The molecule has 0 saturated heterocycles. The lowest BCUT2D eigenvalue weighted by atomic mass is 9.77. The van der Waals surface area contributed by atoms with Gasteiger partial charge in [0.15, 0.2) is 0 Å². The van der Waals surface area contributed by atoms with Gasteiger partial charge in [0.2, 0.25) is 0 Å². The van der Waals surface area contributed by atoms with E-state index >= 15 is 0 Å². The molecule has 6 aromatic rings. The maximum Gasteiger partial charge on any atom is 0.530 e. The molecule has 8 nitrogen and oxygen atoms in total. The van der Waals surface area contributed by atoms with Gasteiger partial charge in [-0.3, -0.25) is 0 Å². The van der Waals surface area contributed by atoms with Gasteiger partial charge in [0, 0.05) is 22.6 Å². The Balaban J connectivity index is 1.40. The zero-order valence-electron chi connectivity index (χ0n) is 37.7. The number of carbonyl (C=O) groups excluding carboxylic acids is 1. The second-order valence-corrected chi connectivity index (χ2v) is 18.2. The van der Waals surface area contributed by atoms with Crippen LogP contribution in [0.25, 0.3) is 11.1 Å². The summed E-state index contributed by atoms with van der Waals surface area (Å²) < 4.78 is 38.4. The van der Waals surface area contributed by atoms with Crippen LogP contribution in [0, 0.1) is 69.2 Å². The van der Waals surface area contributed by atoms with Crippen LogP contribution in [0.4, 0.5) is 0 Å². The van der Waals surface area contributed by atoms with Gasteiger partial charge in [-0.2, -0.15) is 0 Å². The van der Waals surface area contributed by atoms with E-state index in [9.17, 15) is 9.69 Å². The van der Waals surface area contributed by atoms with Crippen molar-refractivity contribution in [3.05, 3.63) is 176 Å². The Bertz CT molecular complexity index is 2650. The summed E-state index contributed by atoms with van der Waals surface area (Å²) in [6.07, 6.45) is 1.16. The van der Waals surface area contributed by atoms with E-state index in [0.29, 0.717) is 34.5 Å². The minimum absolute atomic E-state index is 0.400. The SMILES string of the molecule is C=CC(=O)Oc1ccc(C(C)(C)c2ccc(OP(Oc3ccccc3C)Oc3c(C)cc(C)c(C)c3-c3c(C)c(C)cc(C)c3OP(O)Oc3ccccc3C)c(C)c2)cc1C. The van der Waals surface area contributed by atoms with Crippen molar-refractivity contribution in [3.63, 3.8) is 0 Å². The van der Waals surface area contributed by atoms with Gasteiger partial charge in [0.05, 0.1) is 0 Å². The number of rotatable bonds is 15. The molecule has 0 aromatic heterocycles. The third kappa shape index (κ3) is 10.0. The Labute approximate surface area is 369 Å². The molecule has 0 aliphatic carbocycles. The van der Waals surface area contributed by atoms with E-state index < -0.39 is 28.6 Å². The van der Waals surface area contributed by atoms with Crippen molar-refractivity contribution >= 4 is 23.2 Å². The van der Waals surface area contributed by atoms with Crippen molar-refractivity contribution in [2.75, 3.05) is 0 Å². The van der Waals surface area contributed by atoms with Crippen LogP contribution in [-0.4, -0.2) is 10.9 Å². The predicted molar refractivity (Wildman–Crippen MR) is 252 cm³/mol. The summed E-state index contributed by atoms with van der Waals surface area (Å²) in [7, 11) is -4.47. The van der Waals surface area contributed by atoms with Crippen molar-refractivity contribution in [3.8, 4) is 45.6 Å². The number of para-hydroxylation sites is 2. The van der Waals surface area contributed by atoms with Gasteiger partial charge >= 0.3 is 23.2 Å². The normalized spacial score (nSPS) is 12.3. The van der Waals surface area contributed by atoms with Crippen molar-refractivity contribution in [2.45, 2.75) is 88.5 Å². The number of hydrogen-bond acceptors (Lipinski definition) is 8. The van der Waals surface area contributed by atoms with Gasteiger partial charge in [-0.15, -0.1) is 0 Å². The van der Waals surface area contributed by atoms with Gasteiger partial charge in [-0.05, 0) is 160 Å². The number of carbonyl (C=O) groups is 1. The third-order valence-corrected chi connectivity index (χ3v) is 13.1. The second kappa shape index (κ2) is 19.2. The zero-order valence-corrected chi connectivity index (χ0v) is 39.5. The summed E-state index contributed by atoms with van der Waals surface area (Å²) in [5.41, 5.74) is 12.7. The summed E-state index contributed by atoms with van der Waals surface area (Å²) >= 11 is 0. The van der Waals surface area contributed by atoms with Crippen molar-refractivity contribution in [2.24, 2.45) is 0 Å². The summed E-state index contributed by atoms with van der Waals surface area (Å²) in [6, 6.07) is 31.5. The van der Waals surface area contributed by atoms with Crippen LogP contribution in [-0.2, 0) is 10.2 Å². The average molecular weight is 871 g/mol. The summed E-state index contributed by atoms with van der Waals surface area (Å²) in [5.74, 6) is 2.90. The lowest BCUT2D eigenvalue weighted by Crippen LogP contribution is -2.19. The predicted octanol–water partition coefficient (Wildman–Crippen LogP) is 14.3. The third-order valence-electron chi connectivity index (χ3n) is 11.4. The molecule has 0 aliphatic rings. The molecule has 322 valence electrons. The monoisotopic (exact) mass is 870 g/mol. The fraction of sp³-hybridized carbons (Fsp3) is 0.250. The molecule has 2 atom stereocenters. The van der Waals surface area contributed by atoms with E-state index in [1.54, 1.807) is 0 Å². The maximum absolute atomic E-state index is 11.9. The van der Waals surface area contributed by atoms with Gasteiger partial charge in [-0.1, -0.05) is 93.2 Å². The molecule has 0 saturated carbocycles. The Morgan fingerprint density at radius 2 is 0.952 bits per heavy atom. The van der Waals surface area contributed by atoms with Crippen LogP contribution >= 0.6 is 17.2 Å². The molecule has 0 spiro atoms. The molecule has 2 unspecified atom stereocenters. The first-order valence-electron chi connectivity index (χ1n) is 20.5. The highest BCUT2D eigenvalue weighted by molar-refractivity contribution is 7.43. The van der Waals surface area contributed by atoms with Crippen LogP contribution < -0.4 is 27.4 Å². The molecular formula is C52H56O8P2. The van der Waals surface area contributed by atoms with Gasteiger partial charge in [0.1, 0.15) is 34.5 Å².